The van der Waals surface area contributed by atoms with E-state index in [4.69, 9.17) is 22.1 Å². The molecule has 0 aliphatic carbocycles. The third-order valence-electron chi connectivity index (χ3n) is 5.47. The molecule has 0 spiro atoms. The van der Waals surface area contributed by atoms with Crippen LogP contribution in [0.15, 0.2) is 24.4 Å². The van der Waals surface area contributed by atoms with E-state index in [0.29, 0.717) is 36.3 Å². The van der Waals surface area contributed by atoms with Crippen molar-refractivity contribution in [1.82, 2.24) is 24.5 Å². The molecular weight excluding hydrogens is 420 g/mol. The average Bonchev–Trinajstić information content (AvgIpc) is 3.13. The molecule has 1 saturated heterocycles. The first-order valence-corrected chi connectivity index (χ1v) is 10.4. The Kier molecular flexibility index (Phi) is 5.73. The number of nitrogens with zero attached hydrogens (tertiary/aromatic N) is 6. The summed E-state index contributed by atoms with van der Waals surface area (Å²) in [4.78, 5) is 25.4. The number of aryl methyl sites for hydroxylation is 1. The Balaban J connectivity index is 1.51. The number of piperazine rings is 1. The number of urea groups is 1. The number of fused-ring (bicyclic) bond motifs is 1. The molecule has 2 amide bonds. The highest BCUT2D eigenvalue weighted by atomic mass is 35.5. The Morgan fingerprint density at radius 1 is 1.35 bits per heavy atom. The highest BCUT2D eigenvalue weighted by Gasteiger charge is 2.31. The van der Waals surface area contributed by atoms with Crippen molar-refractivity contribution in [1.29, 1.82) is 0 Å². The van der Waals surface area contributed by atoms with Gasteiger partial charge >= 0.3 is 6.03 Å². The number of hydrogen-bond acceptors (Lipinski definition) is 7. The lowest BCUT2D eigenvalue weighted by atomic mass is 10.1. The first-order valence-electron chi connectivity index (χ1n) is 10.0. The van der Waals surface area contributed by atoms with Crippen LogP contribution in [0, 0.1) is 6.92 Å². The minimum atomic E-state index is -0.142. The number of rotatable bonds is 4. The van der Waals surface area contributed by atoms with Crippen molar-refractivity contribution in [3.8, 4) is 5.75 Å². The van der Waals surface area contributed by atoms with E-state index < -0.39 is 0 Å². The highest BCUT2D eigenvalue weighted by Crippen LogP contribution is 2.26. The Labute approximate surface area is 185 Å². The molecule has 3 aromatic rings. The Morgan fingerprint density at radius 2 is 2.16 bits per heavy atom. The van der Waals surface area contributed by atoms with Crippen LogP contribution in [-0.4, -0.2) is 63.3 Å². The number of hydrogen-bond donors (Lipinski definition) is 2. The first-order chi connectivity index (χ1) is 14.9. The number of nitrogens with one attached hydrogen (secondary N) is 1. The van der Waals surface area contributed by atoms with E-state index in [-0.39, 0.29) is 18.0 Å². The van der Waals surface area contributed by atoms with Gasteiger partial charge in [-0.25, -0.2) is 4.79 Å². The Hall–Kier alpha value is -3.27. The summed E-state index contributed by atoms with van der Waals surface area (Å²) in [6.45, 7) is 5.66. The first kappa shape index (κ1) is 21.0. The maximum Gasteiger partial charge on any atom is 0.321 e. The van der Waals surface area contributed by atoms with Crippen LogP contribution in [-0.2, 0) is 0 Å². The smallest absolute Gasteiger partial charge is 0.321 e. The van der Waals surface area contributed by atoms with Crippen LogP contribution in [0.25, 0.3) is 5.65 Å². The van der Waals surface area contributed by atoms with Crippen molar-refractivity contribution in [3.63, 3.8) is 0 Å². The predicted octanol–water partition coefficient (Wildman–Crippen LogP) is 2.81. The fourth-order valence-corrected chi connectivity index (χ4v) is 4.02. The minimum absolute atomic E-state index is 0.0394. The molecule has 1 fully saturated rings. The molecular formula is C20H25ClN8O2. The van der Waals surface area contributed by atoms with Crippen molar-refractivity contribution in [2.75, 3.05) is 42.7 Å². The molecule has 1 aliphatic heterocycles. The molecule has 3 heterocycles. The van der Waals surface area contributed by atoms with Crippen molar-refractivity contribution < 1.29 is 9.53 Å². The molecule has 0 radical (unpaired) electrons. The number of amides is 2. The molecule has 11 heteroatoms. The molecule has 0 unspecified atom stereocenters. The number of nitrogens with two attached hydrogens (primary N) is 1. The lowest BCUT2D eigenvalue weighted by molar-refractivity contribution is 0.196. The molecule has 1 atom stereocenters. The fourth-order valence-electron chi connectivity index (χ4n) is 3.85. The van der Waals surface area contributed by atoms with Crippen LogP contribution < -0.4 is 20.7 Å². The molecule has 10 nitrogen and oxygen atoms in total. The van der Waals surface area contributed by atoms with E-state index >= 15 is 0 Å². The summed E-state index contributed by atoms with van der Waals surface area (Å²) in [5, 5.41) is 7.69. The molecule has 2 aromatic heterocycles. The average molecular weight is 445 g/mol. The van der Waals surface area contributed by atoms with Gasteiger partial charge in [0.1, 0.15) is 10.8 Å². The lowest BCUT2D eigenvalue weighted by Gasteiger charge is -2.41. The summed E-state index contributed by atoms with van der Waals surface area (Å²) in [7, 11) is 1.63. The van der Waals surface area contributed by atoms with Crippen LogP contribution in [0.2, 0.25) is 5.02 Å². The monoisotopic (exact) mass is 444 g/mol. The summed E-state index contributed by atoms with van der Waals surface area (Å²) in [6, 6.07) is 5.47. The largest absolute Gasteiger partial charge is 0.496 e. The normalized spacial score (nSPS) is 16.6. The topological polar surface area (TPSA) is 114 Å². The zero-order chi connectivity index (χ0) is 22.1. The van der Waals surface area contributed by atoms with Crippen molar-refractivity contribution in [2.45, 2.75) is 26.3 Å². The number of carbonyl (C=O) groups is 1. The second-order valence-corrected chi connectivity index (χ2v) is 7.83. The van der Waals surface area contributed by atoms with E-state index in [1.807, 2.05) is 30.0 Å². The van der Waals surface area contributed by atoms with Gasteiger partial charge in [-0.1, -0.05) is 18.5 Å². The highest BCUT2D eigenvalue weighted by molar-refractivity contribution is 6.33. The van der Waals surface area contributed by atoms with Gasteiger partial charge in [0.25, 0.3) is 0 Å². The number of aromatic nitrogens is 4. The summed E-state index contributed by atoms with van der Waals surface area (Å²) in [5.74, 6) is 1.49. The molecule has 164 valence electrons. The van der Waals surface area contributed by atoms with Gasteiger partial charge in [-0.05, 0) is 37.1 Å². The molecule has 3 N–H and O–H groups in total. The second-order valence-electron chi connectivity index (χ2n) is 7.43. The fraction of sp³-hybridized carbons (Fsp3) is 0.400. The van der Waals surface area contributed by atoms with E-state index in [1.54, 1.807) is 11.6 Å². The third kappa shape index (κ3) is 4.02. The molecule has 0 bridgehead atoms. The maximum absolute atomic E-state index is 12.9. The van der Waals surface area contributed by atoms with Crippen molar-refractivity contribution in [3.05, 3.63) is 35.0 Å². The van der Waals surface area contributed by atoms with E-state index in [1.165, 1.54) is 6.20 Å². The van der Waals surface area contributed by atoms with Crippen molar-refractivity contribution in [2.24, 2.45) is 0 Å². The number of nitrogen functional groups attached to an aromatic ring is 1. The van der Waals surface area contributed by atoms with Gasteiger partial charge in [-0.3, -0.25) is 0 Å². The molecule has 31 heavy (non-hydrogen) atoms. The molecule has 4 rings (SSSR count). The molecule has 1 aromatic carbocycles. The van der Waals surface area contributed by atoms with Crippen LogP contribution in [0.5, 0.6) is 5.75 Å². The van der Waals surface area contributed by atoms with Gasteiger partial charge < -0.3 is 25.6 Å². The van der Waals surface area contributed by atoms with E-state index in [9.17, 15) is 4.79 Å². The summed E-state index contributed by atoms with van der Waals surface area (Å²) < 4.78 is 6.88. The van der Waals surface area contributed by atoms with Gasteiger partial charge in [0.15, 0.2) is 5.65 Å². The Morgan fingerprint density at radius 3 is 2.87 bits per heavy atom. The SMILES string of the molecule is CC[C@H]1CN(C(=O)Nc2ccc(OC)c(C)c2)CCN1c1nc(N)nc2c(Cl)cnn12. The molecule has 0 saturated carbocycles. The van der Waals surface area contributed by atoms with Gasteiger partial charge in [0.2, 0.25) is 11.9 Å². The number of methoxy groups -OCH3 is 1. The zero-order valence-corrected chi connectivity index (χ0v) is 18.4. The summed E-state index contributed by atoms with van der Waals surface area (Å²) in [5.41, 5.74) is 8.07. The van der Waals surface area contributed by atoms with Crippen LogP contribution in [0.4, 0.5) is 22.4 Å². The van der Waals surface area contributed by atoms with E-state index in [2.05, 4.69) is 32.2 Å². The van der Waals surface area contributed by atoms with Crippen LogP contribution >= 0.6 is 11.6 Å². The Bertz CT molecular complexity index is 1120. The van der Waals surface area contributed by atoms with Gasteiger partial charge in [0, 0.05) is 31.4 Å². The van der Waals surface area contributed by atoms with Crippen molar-refractivity contribution >= 4 is 40.9 Å². The van der Waals surface area contributed by atoms with E-state index in [0.717, 1.165) is 23.4 Å². The minimum Gasteiger partial charge on any atom is -0.496 e. The number of benzene rings is 1. The van der Waals surface area contributed by atoms with Gasteiger partial charge in [-0.2, -0.15) is 19.6 Å². The standard InChI is InChI=1S/C20H25ClN8O2/c1-4-14-11-27(20(30)24-13-5-6-16(31-3)12(2)9-13)7-8-28(14)19-26-18(22)25-17-15(21)10-23-29(17)19/h5-6,9-10,14H,4,7-8,11H2,1-3H3,(H2,22,25)(H,24,30)/t14-/m0/s1. The summed E-state index contributed by atoms with van der Waals surface area (Å²) >= 11 is 6.18. The third-order valence-corrected chi connectivity index (χ3v) is 5.74. The predicted molar refractivity (Wildman–Crippen MR) is 120 cm³/mol. The molecule has 1 aliphatic rings. The zero-order valence-electron chi connectivity index (χ0n) is 17.7. The summed E-state index contributed by atoms with van der Waals surface area (Å²) in [6.07, 6.45) is 2.34. The van der Waals surface area contributed by atoms with Crippen LogP contribution in [0.1, 0.15) is 18.9 Å². The number of ether oxygens (including phenoxy) is 1. The van der Waals surface area contributed by atoms with Crippen LogP contribution in [0.3, 0.4) is 0 Å². The number of halogens is 1. The maximum atomic E-state index is 12.9. The number of carbonyl (C=O) groups excluding carboxylic acids is 1. The second kappa shape index (κ2) is 8.46. The number of anilines is 3. The van der Waals surface area contributed by atoms with Gasteiger partial charge in [-0.15, -0.1) is 0 Å². The van der Waals surface area contributed by atoms with Gasteiger partial charge in [0.05, 0.1) is 13.3 Å². The lowest BCUT2D eigenvalue weighted by Crippen LogP contribution is -2.56. The quantitative estimate of drug-likeness (QED) is 0.635.